The third-order valence-corrected chi connectivity index (χ3v) is 5.74. The highest BCUT2D eigenvalue weighted by atomic mass is 16.1. The van der Waals surface area contributed by atoms with Crippen LogP contribution >= 0.6 is 0 Å². The predicted octanol–water partition coefficient (Wildman–Crippen LogP) is 1.89. The Hall–Kier alpha value is -2.44. The summed E-state index contributed by atoms with van der Waals surface area (Å²) in [6, 6.07) is 3.86. The van der Waals surface area contributed by atoms with Crippen LogP contribution in [0.25, 0.3) is 0 Å². The molecule has 0 amide bonds. The van der Waals surface area contributed by atoms with E-state index in [0.717, 1.165) is 68.2 Å². The van der Waals surface area contributed by atoms with E-state index in [9.17, 15) is 4.79 Å². The maximum atomic E-state index is 12.4. The first-order valence-electron chi connectivity index (χ1n) is 9.94. The normalized spacial score (nSPS) is 17.6. The number of fused-ring (bicyclic) bond motifs is 1. The smallest absolute Gasteiger partial charge is 0.267 e. The number of nitrogens with zero attached hydrogens (tertiary/aromatic N) is 6. The minimum atomic E-state index is 0.0597. The van der Waals surface area contributed by atoms with Gasteiger partial charge < -0.3 is 9.80 Å². The Balaban J connectivity index is 1.40. The maximum absolute atomic E-state index is 12.4. The quantitative estimate of drug-likeness (QED) is 0.821. The second kappa shape index (κ2) is 7.66. The summed E-state index contributed by atoms with van der Waals surface area (Å²) < 4.78 is 1.71. The molecule has 1 aliphatic heterocycles. The lowest BCUT2D eigenvalue weighted by Gasteiger charge is -2.33. The summed E-state index contributed by atoms with van der Waals surface area (Å²) in [7, 11) is 3.98. The number of piperidine rings is 1. The molecular weight excluding hydrogens is 340 g/mol. The molecule has 1 aliphatic carbocycles. The Labute approximate surface area is 160 Å². The van der Waals surface area contributed by atoms with Crippen molar-refractivity contribution in [2.24, 2.45) is 5.92 Å². The number of hydrogen-bond acceptors (Lipinski definition) is 6. The maximum Gasteiger partial charge on any atom is 0.267 e. The zero-order valence-electron chi connectivity index (χ0n) is 16.3. The van der Waals surface area contributed by atoms with Crippen LogP contribution in [0.1, 0.15) is 36.9 Å². The van der Waals surface area contributed by atoms with E-state index in [0.29, 0.717) is 5.92 Å². The molecule has 7 heteroatoms. The summed E-state index contributed by atoms with van der Waals surface area (Å²) in [6.07, 6.45) is 8.10. The second-order valence-electron chi connectivity index (χ2n) is 7.90. The molecule has 3 heterocycles. The fraction of sp³-hybridized carbons (Fsp3) is 0.600. The van der Waals surface area contributed by atoms with Crippen LogP contribution < -0.4 is 15.4 Å². The van der Waals surface area contributed by atoms with Gasteiger partial charge >= 0.3 is 0 Å². The summed E-state index contributed by atoms with van der Waals surface area (Å²) in [6.45, 7) is 2.63. The van der Waals surface area contributed by atoms with Crippen LogP contribution in [-0.4, -0.2) is 46.9 Å². The number of aryl methyl sites for hydroxylation is 2. The van der Waals surface area contributed by atoms with Crippen LogP contribution in [0.5, 0.6) is 0 Å². The Morgan fingerprint density at radius 2 is 1.89 bits per heavy atom. The Morgan fingerprint density at radius 3 is 2.67 bits per heavy atom. The molecule has 2 aromatic rings. The predicted molar refractivity (Wildman–Crippen MR) is 106 cm³/mol. The van der Waals surface area contributed by atoms with E-state index in [4.69, 9.17) is 0 Å². The monoisotopic (exact) mass is 368 g/mol. The van der Waals surface area contributed by atoms with E-state index in [-0.39, 0.29) is 5.56 Å². The van der Waals surface area contributed by atoms with Crippen molar-refractivity contribution in [3.05, 3.63) is 40.1 Å². The molecule has 0 saturated carbocycles. The van der Waals surface area contributed by atoms with Crippen LogP contribution in [0.4, 0.5) is 11.6 Å². The van der Waals surface area contributed by atoms with Gasteiger partial charge in [0.25, 0.3) is 5.56 Å². The molecule has 0 spiro atoms. The minimum Gasteiger partial charge on any atom is -0.363 e. The molecule has 2 aromatic heterocycles. The van der Waals surface area contributed by atoms with Crippen molar-refractivity contribution in [1.82, 2.24) is 19.7 Å². The molecule has 1 fully saturated rings. The average molecular weight is 368 g/mol. The lowest BCUT2D eigenvalue weighted by Crippen LogP contribution is -2.37. The molecule has 0 radical (unpaired) electrons. The van der Waals surface area contributed by atoms with Crippen molar-refractivity contribution in [3.63, 3.8) is 0 Å². The fourth-order valence-electron chi connectivity index (χ4n) is 4.08. The zero-order valence-corrected chi connectivity index (χ0v) is 16.3. The van der Waals surface area contributed by atoms with Gasteiger partial charge in [-0.25, -0.2) is 14.6 Å². The summed E-state index contributed by atoms with van der Waals surface area (Å²) in [5.74, 6) is 2.39. The van der Waals surface area contributed by atoms with Gasteiger partial charge in [-0.15, -0.1) is 0 Å². The first kappa shape index (κ1) is 17.9. The van der Waals surface area contributed by atoms with E-state index in [2.05, 4.69) is 20.0 Å². The van der Waals surface area contributed by atoms with E-state index in [1.54, 1.807) is 11.0 Å². The van der Waals surface area contributed by atoms with Gasteiger partial charge in [0.15, 0.2) is 0 Å². The molecule has 0 atom stereocenters. The van der Waals surface area contributed by atoms with Crippen molar-refractivity contribution < 1.29 is 0 Å². The first-order valence-corrected chi connectivity index (χ1v) is 9.94. The van der Waals surface area contributed by atoms with Crippen LogP contribution in [0.3, 0.4) is 0 Å². The van der Waals surface area contributed by atoms with Crippen LogP contribution in [0.2, 0.25) is 0 Å². The summed E-state index contributed by atoms with van der Waals surface area (Å²) in [5, 5.41) is 4.68. The van der Waals surface area contributed by atoms with Crippen molar-refractivity contribution in [1.29, 1.82) is 0 Å². The van der Waals surface area contributed by atoms with Crippen LogP contribution in [0, 0.1) is 5.92 Å². The van der Waals surface area contributed by atoms with Gasteiger partial charge in [-0.05, 0) is 50.0 Å². The number of aromatic nitrogens is 4. The van der Waals surface area contributed by atoms with Gasteiger partial charge in [0.05, 0.1) is 5.69 Å². The fourth-order valence-corrected chi connectivity index (χ4v) is 4.08. The van der Waals surface area contributed by atoms with Crippen molar-refractivity contribution in [3.8, 4) is 0 Å². The van der Waals surface area contributed by atoms with Crippen molar-refractivity contribution in [2.75, 3.05) is 37.0 Å². The van der Waals surface area contributed by atoms with Gasteiger partial charge in [0, 0.05) is 45.9 Å². The number of rotatable bonds is 4. The lowest BCUT2D eigenvalue weighted by molar-refractivity contribution is 0.331. The van der Waals surface area contributed by atoms with Gasteiger partial charge in [-0.2, -0.15) is 5.10 Å². The van der Waals surface area contributed by atoms with Crippen LogP contribution in [-0.2, 0) is 19.4 Å². The van der Waals surface area contributed by atoms with Gasteiger partial charge in [0.2, 0.25) is 0 Å². The van der Waals surface area contributed by atoms with E-state index >= 15 is 0 Å². The highest BCUT2D eigenvalue weighted by molar-refractivity contribution is 5.49. The summed E-state index contributed by atoms with van der Waals surface area (Å²) in [5.41, 5.74) is 2.36. The topological polar surface area (TPSA) is 67.2 Å². The molecule has 7 nitrogen and oxygen atoms in total. The third-order valence-electron chi connectivity index (χ3n) is 5.74. The number of hydrogen-bond donors (Lipinski definition) is 0. The summed E-state index contributed by atoms with van der Waals surface area (Å²) >= 11 is 0. The highest BCUT2D eigenvalue weighted by Crippen LogP contribution is 2.24. The second-order valence-corrected chi connectivity index (χ2v) is 7.90. The molecule has 4 rings (SSSR count). The first-order chi connectivity index (χ1) is 13.1. The van der Waals surface area contributed by atoms with Gasteiger partial charge in [0.1, 0.15) is 18.0 Å². The molecule has 0 N–H and O–H groups in total. The molecule has 27 heavy (non-hydrogen) atoms. The largest absolute Gasteiger partial charge is 0.363 e. The SMILES string of the molecule is CN(C)c1cc(N2CCC(Cn3nc4c(cc3=O)CCCC4)CC2)ncn1. The zero-order chi connectivity index (χ0) is 18.8. The van der Waals surface area contributed by atoms with Crippen LogP contribution in [0.15, 0.2) is 23.3 Å². The van der Waals surface area contributed by atoms with Crippen molar-refractivity contribution >= 4 is 11.6 Å². The van der Waals surface area contributed by atoms with Gasteiger partial charge in [-0.1, -0.05) is 0 Å². The third kappa shape index (κ3) is 3.96. The molecule has 144 valence electrons. The average Bonchev–Trinajstić information content (AvgIpc) is 2.69. The molecule has 1 saturated heterocycles. The highest BCUT2D eigenvalue weighted by Gasteiger charge is 2.22. The Kier molecular flexibility index (Phi) is 5.09. The van der Waals surface area contributed by atoms with Gasteiger partial charge in [-0.3, -0.25) is 4.79 Å². The Bertz CT molecular complexity index is 854. The summed E-state index contributed by atoms with van der Waals surface area (Å²) in [4.78, 5) is 25.5. The molecule has 0 unspecified atom stereocenters. The van der Waals surface area contributed by atoms with E-state index in [1.165, 1.54) is 12.8 Å². The number of anilines is 2. The molecular formula is C20H28N6O. The molecule has 0 bridgehead atoms. The van der Waals surface area contributed by atoms with E-state index < -0.39 is 0 Å². The lowest BCUT2D eigenvalue weighted by atomic mass is 9.96. The van der Waals surface area contributed by atoms with Crippen molar-refractivity contribution in [2.45, 2.75) is 45.1 Å². The molecule has 0 aromatic carbocycles. The standard InChI is InChI=1S/C20H28N6O/c1-24(2)18-12-19(22-14-21-18)25-9-7-15(8-10-25)13-26-20(27)11-16-5-3-4-6-17(16)23-26/h11-12,14-15H,3-10,13H2,1-2H3. The van der Waals surface area contributed by atoms with E-state index in [1.807, 2.05) is 31.1 Å². The molecule has 2 aliphatic rings. The Morgan fingerprint density at radius 1 is 1.11 bits per heavy atom. The minimum absolute atomic E-state index is 0.0597.